The lowest BCUT2D eigenvalue weighted by Crippen LogP contribution is -2.28. The molecular formula is C25H32N2O2. The lowest BCUT2D eigenvalue weighted by Gasteiger charge is -2.27. The van der Waals surface area contributed by atoms with E-state index in [4.69, 9.17) is 9.57 Å². The smallest absolute Gasteiger partial charge is 0.143 e. The molecule has 2 aromatic carbocycles. The molecule has 1 aliphatic heterocycles. The van der Waals surface area contributed by atoms with Crippen molar-refractivity contribution in [1.29, 1.82) is 0 Å². The van der Waals surface area contributed by atoms with E-state index < -0.39 is 0 Å². The Kier molecular flexibility index (Phi) is 6.19. The Labute approximate surface area is 174 Å². The Bertz CT molecular complexity index is 830. The third-order valence-corrected chi connectivity index (χ3v) is 5.91. The van der Waals surface area contributed by atoms with E-state index in [9.17, 15) is 0 Å². The molecule has 2 unspecified atom stereocenters. The molecule has 1 aliphatic carbocycles. The minimum atomic E-state index is -0.281. The van der Waals surface area contributed by atoms with Crippen molar-refractivity contribution in [3.8, 4) is 5.75 Å². The van der Waals surface area contributed by atoms with Gasteiger partial charge >= 0.3 is 0 Å². The van der Waals surface area contributed by atoms with E-state index in [1.54, 1.807) is 0 Å². The van der Waals surface area contributed by atoms with Gasteiger partial charge in [0.2, 0.25) is 0 Å². The number of benzene rings is 2. The highest BCUT2D eigenvalue weighted by atomic mass is 16.6. The van der Waals surface area contributed by atoms with E-state index in [1.165, 1.54) is 18.4 Å². The molecule has 0 radical (unpaired) electrons. The fourth-order valence-electron chi connectivity index (χ4n) is 4.47. The second kappa shape index (κ2) is 9.00. The Balaban J connectivity index is 1.44. The van der Waals surface area contributed by atoms with Crippen molar-refractivity contribution < 1.29 is 9.57 Å². The minimum absolute atomic E-state index is 0.261. The summed E-state index contributed by atoms with van der Waals surface area (Å²) >= 11 is 0. The number of hydrogen-bond donors (Lipinski definition) is 0. The van der Waals surface area contributed by atoms with Crippen LogP contribution in [0, 0.1) is 5.92 Å². The van der Waals surface area contributed by atoms with Crippen LogP contribution in [0.3, 0.4) is 0 Å². The summed E-state index contributed by atoms with van der Waals surface area (Å²) in [5.74, 6) is 1.17. The van der Waals surface area contributed by atoms with E-state index in [0.717, 1.165) is 49.5 Å². The Hall–Kier alpha value is -2.33. The van der Waals surface area contributed by atoms with Crippen LogP contribution in [0.15, 0.2) is 59.8 Å². The highest BCUT2D eigenvalue weighted by Gasteiger charge is 2.64. The fourth-order valence-corrected chi connectivity index (χ4v) is 4.47. The fraction of sp³-hybridized carbons (Fsp3) is 0.480. The van der Waals surface area contributed by atoms with Crippen LogP contribution in [-0.4, -0.2) is 36.9 Å². The standard InChI is InChI=1S/C25H32N2O2/c1-3-15-27(16-4-2)17-10-18-28-26-24-21-13-8-9-14-23(21)29-25(19-22(24)25)20-11-6-5-7-12-20/h5-9,11-14,22H,3-4,10,15-19H2,1-2H3. The first-order valence-corrected chi connectivity index (χ1v) is 11.0. The maximum Gasteiger partial charge on any atom is 0.143 e. The number of oxime groups is 1. The summed E-state index contributed by atoms with van der Waals surface area (Å²) in [4.78, 5) is 8.34. The molecule has 0 N–H and O–H groups in total. The largest absolute Gasteiger partial charge is 0.481 e. The van der Waals surface area contributed by atoms with Gasteiger partial charge in [-0.1, -0.05) is 61.5 Å². The molecule has 4 rings (SSSR count). The summed E-state index contributed by atoms with van der Waals surface area (Å²) in [5, 5.41) is 4.62. The van der Waals surface area contributed by atoms with Gasteiger partial charge < -0.3 is 14.5 Å². The van der Waals surface area contributed by atoms with E-state index in [0.29, 0.717) is 6.61 Å². The lowest BCUT2D eigenvalue weighted by atomic mass is 9.96. The highest BCUT2D eigenvalue weighted by molar-refractivity contribution is 6.08. The van der Waals surface area contributed by atoms with Gasteiger partial charge in [0, 0.05) is 18.5 Å². The summed E-state index contributed by atoms with van der Waals surface area (Å²) in [6.45, 7) is 8.53. The average Bonchev–Trinajstić information content (AvgIpc) is 3.49. The molecule has 0 saturated heterocycles. The summed E-state index contributed by atoms with van der Waals surface area (Å²) in [7, 11) is 0. The maximum absolute atomic E-state index is 6.48. The predicted molar refractivity (Wildman–Crippen MR) is 117 cm³/mol. The van der Waals surface area contributed by atoms with Crippen molar-refractivity contribution in [2.45, 2.75) is 45.1 Å². The molecule has 0 spiro atoms. The molecule has 1 fully saturated rings. The molecule has 4 heteroatoms. The van der Waals surface area contributed by atoms with Crippen LogP contribution in [-0.2, 0) is 10.4 Å². The Morgan fingerprint density at radius 3 is 2.48 bits per heavy atom. The van der Waals surface area contributed by atoms with Crippen LogP contribution in [0.1, 0.15) is 50.7 Å². The summed E-state index contributed by atoms with van der Waals surface area (Å²) in [6.07, 6.45) is 4.35. The quantitative estimate of drug-likeness (QED) is 0.410. The molecule has 0 aromatic heterocycles. The van der Waals surface area contributed by atoms with Crippen molar-refractivity contribution >= 4 is 5.71 Å². The molecule has 1 saturated carbocycles. The van der Waals surface area contributed by atoms with Crippen LogP contribution in [0.2, 0.25) is 0 Å². The van der Waals surface area contributed by atoms with Gasteiger partial charge in [0.25, 0.3) is 0 Å². The lowest BCUT2D eigenvalue weighted by molar-refractivity contribution is 0.124. The molecule has 2 aromatic rings. The Morgan fingerprint density at radius 1 is 1.00 bits per heavy atom. The molecule has 2 aliphatic rings. The predicted octanol–water partition coefficient (Wildman–Crippen LogP) is 5.23. The number of nitrogens with zero attached hydrogens (tertiary/aromatic N) is 2. The number of fused-ring (bicyclic) bond motifs is 2. The number of ether oxygens (including phenoxy) is 1. The molecule has 154 valence electrons. The second-order valence-corrected chi connectivity index (χ2v) is 8.12. The molecule has 29 heavy (non-hydrogen) atoms. The van der Waals surface area contributed by atoms with Gasteiger partial charge in [0.15, 0.2) is 0 Å². The van der Waals surface area contributed by atoms with E-state index >= 15 is 0 Å². The van der Waals surface area contributed by atoms with Crippen molar-refractivity contribution in [2.24, 2.45) is 11.1 Å². The van der Waals surface area contributed by atoms with Gasteiger partial charge in [-0.05, 0) is 50.0 Å². The molecule has 0 bridgehead atoms. The third-order valence-electron chi connectivity index (χ3n) is 5.91. The Morgan fingerprint density at radius 2 is 1.72 bits per heavy atom. The zero-order chi connectivity index (χ0) is 20.1. The topological polar surface area (TPSA) is 34.1 Å². The van der Waals surface area contributed by atoms with Crippen LogP contribution in [0.5, 0.6) is 5.75 Å². The van der Waals surface area contributed by atoms with Gasteiger partial charge in [-0.25, -0.2) is 0 Å². The van der Waals surface area contributed by atoms with Gasteiger partial charge in [0.1, 0.15) is 18.0 Å². The van der Waals surface area contributed by atoms with Crippen molar-refractivity contribution in [3.63, 3.8) is 0 Å². The monoisotopic (exact) mass is 392 g/mol. The zero-order valence-corrected chi connectivity index (χ0v) is 17.6. The van der Waals surface area contributed by atoms with E-state index in [-0.39, 0.29) is 11.5 Å². The first-order valence-electron chi connectivity index (χ1n) is 11.0. The van der Waals surface area contributed by atoms with Crippen LogP contribution in [0.25, 0.3) is 0 Å². The van der Waals surface area contributed by atoms with Crippen molar-refractivity contribution in [1.82, 2.24) is 4.90 Å². The van der Waals surface area contributed by atoms with Gasteiger partial charge in [-0.2, -0.15) is 0 Å². The first kappa shape index (κ1) is 20.0. The van der Waals surface area contributed by atoms with Gasteiger partial charge in [-0.15, -0.1) is 0 Å². The van der Waals surface area contributed by atoms with Gasteiger partial charge in [0.05, 0.1) is 11.6 Å². The maximum atomic E-state index is 6.48. The van der Waals surface area contributed by atoms with Crippen molar-refractivity contribution in [3.05, 3.63) is 65.7 Å². The van der Waals surface area contributed by atoms with Gasteiger partial charge in [-0.3, -0.25) is 0 Å². The summed E-state index contributed by atoms with van der Waals surface area (Å²) in [6, 6.07) is 18.7. The molecule has 2 atom stereocenters. The SMILES string of the molecule is CCCN(CCC)CCCON=C1c2ccccc2OC2(c3ccccc3)CC12. The minimum Gasteiger partial charge on any atom is -0.481 e. The third kappa shape index (κ3) is 4.18. The number of para-hydroxylation sites is 1. The van der Waals surface area contributed by atoms with Crippen LogP contribution < -0.4 is 4.74 Å². The van der Waals surface area contributed by atoms with Crippen LogP contribution >= 0.6 is 0 Å². The molecular weight excluding hydrogens is 360 g/mol. The summed E-state index contributed by atoms with van der Waals surface area (Å²) < 4.78 is 6.48. The number of rotatable bonds is 10. The van der Waals surface area contributed by atoms with E-state index in [1.807, 2.05) is 24.3 Å². The molecule has 0 amide bonds. The number of hydrogen-bond acceptors (Lipinski definition) is 4. The van der Waals surface area contributed by atoms with Crippen molar-refractivity contribution in [2.75, 3.05) is 26.2 Å². The molecule has 4 nitrogen and oxygen atoms in total. The summed E-state index contributed by atoms with van der Waals surface area (Å²) in [5.41, 5.74) is 3.05. The molecule has 1 heterocycles. The zero-order valence-electron chi connectivity index (χ0n) is 17.6. The highest BCUT2D eigenvalue weighted by Crippen LogP contribution is 2.60. The second-order valence-electron chi connectivity index (χ2n) is 8.12. The van der Waals surface area contributed by atoms with E-state index in [2.05, 4.69) is 54.2 Å². The average molecular weight is 393 g/mol. The van der Waals surface area contributed by atoms with Crippen LogP contribution in [0.4, 0.5) is 0 Å². The first-order chi connectivity index (χ1) is 14.3. The normalized spacial score (nSPS) is 23.4.